The van der Waals surface area contributed by atoms with Gasteiger partial charge < -0.3 is 0 Å². The molecule has 1 nitrogen and oxygen atoms in total. The van der Waals surface area contributed by atoms with E-state index in [-0.39, 0.29) is 0 Å². The van der Waals surface area contributed by atoms with Crippen molar-refractivity contribution < 1.29 is 4.79 Å². The molecule has 0 aliphatic heterocycles. The molecular formula is C9H13BrO. The number of carbonyl (C=O) groups is 1. The number of fused-ring (bicyclic) bond motifs is 1. The van der Waals surface area contributed by atoms with Gasteiger partial charge in [-0.05, 0) is 31.1 Å². The molecule has 11 heavy (non-hydrogen) atoms. The van der Waals surface area contributed by atoms with Crippen molar-refractivity contribution in [2.75, 3.05) is 0 Å². The minimum atomic E-state index is 0.482. The van der Waals surface area contributed by atoms with E-state index in [0.717, 1.165) is 42.3 Å². The van der Waals surface area contributed by atoms with E-state index in [1.54, 1.807) is 0 Å². The van der Waals surface area contributed by atoms with E-state index < -0.39 is 0 Å². The number of hydrogen-bond donors (Lipinski definition) is 0. The summed E-state index contributed by atoms with van der Waals surface area (Å²) in [5, 5.41) is 0. The first kappa shape index (κ1) is 7.78. The van der Waals surface area contributed by atoms with Gasteiger partial charge in [0.15, 0.2) is 0 Å². The number of Topliss-reactive ketones (excluding diaryl/α,β-unsaturated/α-hetero) is 1. The average molecular weight is 217 g/mol. The molecule has 0 aromatic rings. The number of ketones is 1. The van der Waals surface area contributed by atoms with Crippen molar-refractivity contribution in [1.82, 2.24) is 0 Å². The van der Waals surface area contributed by atoms with E-state index in [1.165, 1.54) is 6.42 Å². The maximum absolute atomic E-state index is 11.1. The van der Waals surface area contributed by atoms with Gasteiger partial charge in [0.05, 0.1) is 0 Å². The topological polar surface area (TPSA) is 17.1 Å². The molecule has 0 spiro atoms. The SMILES string of the molecule is O=C1CCC[C@H]2[C@H](Br)[C@H]2CC1. The molecule has 0 aromatic heterocycles. The number of halogens is 1. The van der Waals surface area contributed by atoms with Gasteiger partial charge in [-0.2, -0.15) is 0 Å². The van der Waals surface area contributed by atoms with Crippen molar-refractivity contribution >= 4 is 21.7 Å². The quantitative estimate of drug-likeness (QED) is 0.570. The van der Waals surface area contributed by atoms with Crippen LogP contribution in [0.5, 0.6) is 0 Å². The third-order valence-corrected chi connectivity index (χ3v) is 4.33. The molecular weight excluding hydrogens is 204 g/mol. The van der Waals surface area contributed by atoms with Gasteiger partial charge in [0.1, 0.15) is 5.78 Å². The summed E-state index contributed by atoms with van der Waals surface area (Å²) in [6.45, 7) is 0. The van der Waals surface area contributed by atoms with Gasteiger partial charge in [0, 0.05) is 17.7 Å². The molecule has 2 aliphatic carbocycles. The first-order valence-electron chi connectivity index (χ1n) is 4.45. The molecule has 0 N–H and O–H groups in total. The first-order valence-corrected chi connectivity index (χ1v) is 5.36. The number of rotatable bonds is 0. The van der Waals surface area contributed by atoms with Crippen LogP contribution in [0.15, 0.2) is 0 Å². The van der Waals surface area contributed by atoms with Crippen LogP contribution in [0.4, 0.5) is 0 Å². The molecule has 2 rings (SSSR count). The fourth-order valence-corrected chi connectivity index (χ4v) is 3.27. The van der Waals surface area contributed by atoms with Gasteiger partial charge in [-0.25, -0.2) is 0 Å². The number of alkyl halides is 1. The summed E-state index contributed by atoms with van der Waals surface area (Å²) >= 11 is 3.65. The Labute approximate surface area is 75.7 Å². The van der Waals surface area contributed by atoms with Gasteiger partial charge in [-0.15, -0.1) is 0 Å². The zero-order valence-corrected chi connectivity index (χ0v) is 8.14. The predicted molar refractivity (Wildman–Crippen MR) is 47.8 cm³/mol. The fourth-order valence-electron chi connectivity index (χ4n) is 2.13. The Morgan fingerprint density at radius 1 is 1.18 bits per heavy atom. The van der Waals surface area contributed by atoms with Crippen molar-refractivity contribution in [3.8, 4) is 0 Å². The lowest BCUT2D eigenvalue weighted by molar-refractivity contribution is -0.119. The van der Waals surface area contributed by atoms with Crippen molar-refractivity contribution in [3.63, 3.8) is 0 Å². The van der Waals surface area contributed by atoms with E-state index in [1.807, 2.05) is 0 Å². The fraction of sp³-hybridized carbons (Fsp3) is 0.889. The highest BCUT2D eigenvalue weighted by atomic mass is 79.9. The maximum atomic E-state index is 11.1. The van der Waals surface area contributed by atoms with E-state index in [2.05, 4.69) is 15.9 Å². The van der Waals surface area contributed by atoms with Crippen LogP contribution in [-0.4, -0.2) is 10.6 Å². The summed E-state index contributed by atoms with van der Waals surface area (Å²) in [5.74, 6) is 2.22. The number of carbonyl (C=O) groups excluding carboxylic acids is 1. The molecule has 2 heteroatoms. The Morgan fingerprint density at radius 3 is 2.73 bits per heavy atom. The third kappa shape index (κ3) is 1.51. The molecule has 2 fully saturated rings. The highest BCUT2D eigenvalue weighted by Gasteiger charge is 2.47. The lowest BCUT2D eigenvalue weighted by Crippen LogP contribution is -2.02. The third-order valence-electron chi connectivity index (χ3n) is 2.98. The van der Waals surface area contributed by atoms with E-state index in [9.17, 15) is 4.79 Å². The Morgan fingerprint density at radius 2 is 1.91 bits per heavy atom. The molecule has 0 aromatic carbocycles. The van der Waals surface area contributed by atoms with Crippen molar-refractivity contribution in [2.24, 2.45) is 11.8 Å². The van der Waals surface area contributed by atoms with Crippen LogP contribution in [0.25, 0.3) is 0 Å². The lowest BCUT2D eigenvalue weighted by atomic mass is 10.0. The Balaban J connectivity index is 1.92. The van der Waals surface area contributed by atoms with Gasteiger partial charge in [-0.3, -0.25) is 4.79 Å². The molecule has 3 atom stereocenters. The van der Waals surface area contributed by atoms with Crippen LogP contribution in [0.2, 0.25) is 0 Å². The molecule has 0 bridgehead atoms. The minimum Gasteiger partial charge on any atom is -0.300 e. The molecule has 0 radical (unpaired) electrons. The second-order valence-electron chi connectivity index (χ2n) is 3.74. The van der Waals surface area contributed by atoms with Gasteiger partial charge in [0.25, 0.3) is 0 Å². The normalized spacial score (nSPS) is 44.1. The van der Waals surface area contributed by atoms with Crippen LogP contribution in [0.3, 0.4) is 0 Å². The molecule has 0 heterocycles. The molecule has 0 amide bonds. The Kier molecular flexibility index (Phi) is 2.04. The minimum absolute atomic E-state index is 0.482. The summed E-state index contributed by atoms with van der Waals surface area (Å²) in [5.41, 5.74) is 0. The summed E-state index contributed by atoms with van der Waals surface area (Å²) in [6.07, 6.45) is 5.21. The largest absolute Gasteiger partial charge is 0.300 e. The van der Waals surface area contributed by atoms with Gasteiger partial charge in [0.2, 0.25) is 0 Å². The zero-order valence-electron chi connectivity index (χ0n) is 6.55. The van der Waals surface area contributed by atoms with Crippen LogP contribution in [-0.2, 0) is 4.79 Å². The summed E-state index contributed by atoms with van der Waals surface area (Å²) in [7, 11) is 0. The van der Waals surface area contributed by atoms with Crippen LogP contribution in [0, 0.1) is 11.8 Å². The van der Waals surface area contributed by atoms with E-state index in [4.69, 9.17) is 0 Å². The van der Waals surface area contributed by atoms with Crippen molar-refractivity contribution in [3.05, 3.63) is 0 Å². The van der Waals surface area contributed by atoms with E-state index in [0.29, 0.717) is 5.78 Å². The van der Waals surface area contributed by atoms with Crippen molar-refractivity contribution in [2.45, 2.75) is 36.9 Å². The molecule has 2 aliphatic rings. The van der Waals surface area contributed by atoms with E-state index >= 15 is 0 Å². The molecule has 0 saturated heterocycles. The van der Waals surface area contributed by atoms with Crippen LogP contribution in [0.1, 0.15) is 32.1 Å². The van der Waals surface area contributed by atoms with Crippen molar-refractivity contribution in [1.29, 1.82) is 0 Å². The Bertz CT molecular complexity index is 178. The Hall–Kier alpha value is 0.150. The second-order valence-corrected chi connectivity index (χ2v) is 4.80. The highest BCUT2D eigenvalue weighted by Crippen LogP contribution is 2.51. The smallest absolute Gasteiger partial charge is 0.132 e. The van der Waals surface area contributed by atoms with Gasteiger partial charge in [-0.1, -0.05) is 15.9 Å². The average Bonchev–Trinajstić information content (AvgIpc) is 2.52. The predicted octanol–water partition coefficient (Wildman–Crippen LogP) is 2.53. The second kappa shape index (κ2) is 2.89. The summed E-state index contributed by atoms with van der Waals surface area (Å²) in [4.78, 5) is 11.8. The standard InChI is InChI=1S/C9H13BrO/c10-9-7-3-1-2-6(11)4-5-8(7)9/h7-9H,1-5H2/t7-,8+,9+/m1/s1. The molecule has 2 saturated carbocycles. The molecule has 62 valence electrons. The zero-order chi connectivity index (χ0) is 7.84. The highest BCUT2D eigenvalue weighted by molar-refractivity contribution is 9.09. The monoisotopic (exact) mass is 216 g/mol. The first-order chi connectivity index (χ1) is 5.29. The maximum Gasteiger partial charge on any atom is 0.132 e. The summed E-state index contributed by atoms with van der Waals surface area (Å²) in [6, 6.07) is 0. The number of hydrogen-bond acceptors (Lipinski definition) is 1. The molecule has 0 unspecified atom stereocenters. The summed E-state index contributed by atoms with van der Waals surface area (Å²) < 4.78 is 0. The van der Waals surface area contributed by atoms with Gasteiger partial charge >= 0.3 is 0 Å². The van der Waals surface area contributed by atoms with Crippen LogP contribution < -0.4 is 0 Å². The van der Waals surface area contributed by atoms with Crippen LogP contribution >= 0.6 is 15.9 Å². The lowest BCUT2D eigenvalue weighted by Gasteiger charge is -2.04.